The molecule has 1 aromatic heterocycles. The molecule has 0 saturated carbocycles. The van der Waals surface area contributed by atoms with Crippen LogP contribution in [0.1, 0.15) is 29.5 Å². The van der Waals surface area contributed by atoms with Crippen molar-refractivity contribution in [2.45, 2.75) is 20.0 Å². The third kappa shape index (κ3) is 3.72. The Morgan fingerprint density at radius 1 is 1.24 bits per heavy atom. The van der Waals surface area contributed by atoms with E-state index in [1.807, 2.05) is 6.92 Å². The van der Waals surface area contributed by atoms with Gasteiger partial charge in [-0.3, -0.25) is 9.59 Å². The monoisotopic (exact) mass is 288 g/mol. The summed E-state index contributed by atoms with van der Waals surface area (Å²) in [6.07, 6.45) is 1.72. The predicted octanol–water partition coefficient (Wildman–Crippen LogP) is 2.82. The normalized spacial score (nSPS) is 10.2. The fourth-order valence-corrected chi connectivity index (χ4v) is 1.76. The minimum absolute atomic E-state index is 0.0858. The first kappa shape index (κ1) is 14.8. The van der Waals surface area contributed by atoms with Crippen molar-refractivity contribution < 1.29 is 18.7 Å². The van der Waals surface area contributed by atoms with Gasteiger partial charge in [-0.05, 0) is 24.3 Å². The van der Waals surface area contributed by atoms with E-state index >= 15 is 0 Å². The van der Waals surface area contributed by atoms with Crippen molar-refractivity contribution in [1.82, 2.24) is 0 Å². The predicted molar refractivity (Wildman–Crippen MR) is 76.9 cm³/mol. The second kappa shape index (κ2) is 6.74. The van der Waals surface area contributed by atoms with Crippen LogP contribution in [-0.2, 0) is 6.61 Å². The summed E-state index contributed by atoms with van der Waals surface area (Å²) in [5, 5.41) is 0. The van der Waals surface area contributed by atoms with Crippen LogP contribution in [0.3, 0.4) is 0 Å². The zero-order valence-electron chi connectivity index (χ0n) is 11.9. The quantitative estimate of drug-likeness (QED) is 0.765. The first-order valence-electron chi connectivity index (χ1n) is 6.55. The van der Waals surface area contributed by atoms with E-state index in [0.29, 0.717) is 23.5 Å². The molecule has 2 rings (SSSR count). The van der Waals surface area contributed by atoms with Crippen LogP contribution in [0.15, 0.2) is 45.8 Å². The smallest absolute Gasteiger partial charge is 0.227 e. The number of hydrogen-bond donors (Lipinski definition) is 0. The number of hydrogen-bond acceptors (Lipinski definition) is 5. The van der Waals surface area contributed by atoms with Gasteiger partial charge in [0.1, 0.15) is 24.4 Å². The zero-order valence-corrected chi connectivity index (χ0v) is 11.9. The lowest BCUT2D eigenvalue weighted by atomic mass is 10.1. The van der Waals surface area contributed by atoms with Gasteiger partial charge in [-0.2, -0.15) is 0 Å². The first-order chi connectivity index (χ1) is 10.1. The minimum atomic E-state index is -0.258. The molecule has 0 radical (unpaired) electrons. The minimum Gasteiger partial charge on any atom is -0.490 e. The summed E-state index contributed by atoms with van der Waals surface area (Å²) in [5.41, 5.74) is 0.395. The lowest BCUT2D eigenvalue weighted by Gasteiger charge is -2.06. The van der Waals surface area contributed by atoms with Gasteiger partial charge in [-0.15, -0.1) is 0 Å². The molecule has 5 heteroatoms. The summed E-state index contributed by atoms with van der Waals surface area (Å²) in [5.74, 6) is 1.24. The van der Waals surface area contributed by atoms with Gasteiger partial charge in [-0.25, -0.2) is 0 Å². The molecular formula is C16H16O5. The van der Waals surface area contributed by atoms with E-state index in [9.17, 15) is 9.59 Å². The number of Topliss-reactive ketones (excluding diaryl/α,β-unsaturated/α-hetero) is 1. The summed E-state index contributed by atoms with van der Waals surface area (Å²) < 4.78 is 15.6. The SMILES string of the molecule is CCC(=O)c1ccc(OCc2cc(=O)c(OC)co2)cc1. The Hall–Kier alpha value is -2.56. The van der Waals surface area contributed by atoms with Crippen molar-refractivity contribution >= 4 is 5.78 Å². The first-order valence-corrected chi connectivity index (χ1v) is 6.55. The number of ether oxygens (including phenoxy) is 2. The van der Waals surface area contributed by atoms with Crippen molar-refractivity contribution in [3.8, 4) is 11.5 Å². The Morgan fingerprint density at radius 2 is 1.95 bits per heavy atom. The standard InChI is InChI=1S/C16H16O5/c1-3-14(17)11-4-6-12(7-5-11)20-9-13-8-15(18)16(19-2)10-21-13/h4-8,10H,3,9H2,1-2H3. The van der Waals surface area contributed by atoms with Crippen LogP contribution in [0, 0.1) is 0 Å². The van der Waals surface area contributed by atoms with Gasteiger partial charge in [0.05, 0.1) is 7.11 Å². The average molecular weight is 288 g/mol. The van der Waals surface area contributed by atoms with Gasteiger partial charge in [-0.1, -0.05) is 6.92 Å². The highest BCUT2D eigenvalue weighted by Crippen LogP contribution is 2.15. The summed E-state index contributed by atoms with van der Waals surface area (Å²) >= 11 is 0. The lowest BCUT2D eigenvalue weighted by molar-refractivity contribution is 0.0988. The second-order valence-electron chi connectivity index (χ2n) is 4.37. The highest BCUT2D eigenvalue weighted by molar-refractivity contribution is 5.95. The van der Waals surface area contributed by atoms with Crippen molar-refractivity contribution in [2.75, 3.05) is 7.11 Å². The largest absolute Gasteiger partial charge is 0.490 e. The molecule has 110 valence electrons. The van der Waals surface area contributed by atoms with Crippen LogP contribution in [0.5, 0.6) is 11.5 Å². The highest BCUT2D eigenvalue weighted by Gasteiger charge is 2.06. The van der Waals surface area contributed by atoms with Crippen LogP contribution < -0.4 is 14.9 Å². The van der Waals surface area contributed by atoms with Gasteiger partial charge < -0.3 is 13.9 Å². The molecule has 0 fully saturated rings. The number of carbonyl (C=O) groups is 1. The van der Waals surface area contributed by atoms with Crippen LogP contribution >= 0.6 is 0 Å². The van der Waals surface area contributed by atoms with Gasteiger partial charge >= 0.3 is 0 Å². The fraction of sp³-hybridized carbons (Fsp3) is 0.250. The molecule has 0 aliphatic rings. The average Bonchev–Trinajstić information content (AvgIpc) is 2.52. The van der Waals surface area contributed by atoms with E-state index in [-0.39, 0.29) is 23.6 Å². The Balaban J connectivity index is 2.01. The number of ketones is 1. The van der Waals surface area contributed by atoms with Crippen molar-refractivity contribution in [3.63, 3.8) is 0 Å². The van der Waals surface area contributed by atoms with E-state index in [2.05, 4.69) is 0 Å². The maximum absolute atomic E-state index is 11.6. The molecule has 21 heavy (non-hydrogen) atoms. The molecule has 0 atom stereocenters. The number of benzene rings is 1. The molecule has 0 aliphatic heterocycles. The second-order valence-corrected chi connectivity index (χ2v) is 4.37. The maximum Gasteiger partial charge on any atom is 0.227 e. The Morgan fingerprint density at radius 3 is 2.52 bits per heavy atom. The molecule has 0 unspecified atom stereocenters. The van der Waals surface area contributed by atoms with Crippen molar-refractivity contribution in [3.05, 3.63) is 58.1 Å². The summed E-state index contributed by atoms with van der Waals surface area (Å²) in [6.45, 7) is 1.94. The Bertz CT molecular complexity index is 670. The molecular weight excluding hydrogens is 272 g/mol. The number of carbonyl (C=O) groups excluding carboxylic acids is 1. The molecule has 0 N–H and O–H groups in total. The summed E-state index contributed by atoms with van der Waals surface area (Å²) in [7, 11) is 1.40. The third-order valence-electron chi connectivity index (χ3n) is 2.95. The maximum atomic E-state index is 11.6. The molecule has 0 amide bonds. The molecule has 1 aromatic carbocycles. The summed E-state index contributed by atoms with van der Waals surface area (Å²) in [4.78, 5) is 23.1. The lowest BCUT2D eigenvalue weighted by Crippen LogP contribution is -2.06. The Labute approximate surface area is 122 Å². The molecule has 0 spiro atoms. The van der Waals surface area contributed by atoms with E-state index < -0.39 is 0 Å². The summed E-state index contributed by atoms with van der Waals surface area (Å²) in [6, 6.07) is 8.18. The van der Waals surface area contributed by atoms with Crippen LogP contribution in [0.25, 0.3) is 0 Å². The van der Waals surface area contributed by atoms with Gasteiger partial charge in [0.25, 0.3) is 0 Å². The third-order valence-corrected chi connectivity index (χ3v) is 2.95. The topological polar surface area (TPSA) is 65.7 Å². The van der Waals surface area contributed by atoms with Gasteiger partial charge in [0.2, 0.25) is 11.2 Å². The molecule has 1 heterocycles. The molecule has 0 bridgehead atoms. The number of methoxy groups -OCH3 is 1. The van der Waals surface area contributed by atoms with Crippen LogP contribution in [0.2, 0.25) is 0 Å². The highest BCUT2D eigenvalue weighted by atomic mass is 16.5. The molecule has 0 aliphatic carbocycles. The molecule has 2 aromatic rings. The zero-order chi connectivity index (χ0) is 15.2. The van der Waals surface area contributed by atoms with E-state index in [4.69, 9.17) is 13.9 Å². The molecule has 0 saturated heterocycles. The van der Waals surface area contributed by atoms with Crippen molar-refractivity contribution in [2.24, 2.45) is 0 Å². The van der Waals surface area contributed by atoms with E-state index in [0.717, 1.165) is 0 Å². The van der Waals surface area contributed by atoms with Gasteiger partial charge in [0, 0.05) is 18.1 Å². The van der Waals surface area contributed by atoms with E-state index in [1.165, 1.54) is 19.4 Å². The van der Waals surface area contributed by atoms with Crippen LogP contribution in [-0.4, -0.2) is 12.9 Å². The van der Waals surface area contributed by atoms with E-state index in [1.54, 1.807) is 24.3 Å². The van der Waals surface area contributed by atoms with Gasteiger partial charge in [0.15, 0.2) is 5.78 Å². The fourth-order valence-electron chi connectivity index (χ4n) is 1.76. The Kier molecular flexibility index (Phi) is 4.77. The van der Waals surface area contributed by atoms with Crippen LogP contribution in [0.4, 0.5) is 0 Å². The van der Waals surface area contributed by atoms with Crippen molar-refractivity contribution in [1.29, 1.82) is 0 Å². The molecule has 5 nitrogen and oxygen atoms in total. The number of rotatable bonds is 6.